The number of rotatable bonds is 7. The van der Waals surface area contributed by atoms with E-state index in [0.717, 1.165) is 18.4 Å². The largest absolute Gasteiger partial charge is 0.491 e. The van der Waals surface area contributed by atoms with Gasteiger partial charge in [-0.1, -0.05) is 13.0 Å². The molecule has 1 N–H and O–H groups in total. The van der Waals surface area contributed by atoms with Crippen LogP contribution in [0.2, 0.25) is 0 Å². The Kier molecular flexibility index (Phi) is 7.77. The molecule has 6 nitrogen and oxygen atoms in total. The molecule has 1 aliphatic heterocycles. The Morgan fingerprint density at radius 1 is 1.31 bits per heavy atom. The molecule has 32 heavy (non-hydrogen) atoms. The second kappa shape index (κ2) is 10.3. The fourth-order valence-electron chi connectivity index (χ4n) is 3.78. The fourth-order valence-corrected chi connectivity index (χ4v) is 4.71. The van der Waals surface area contributed by atoms with E-state index >= 15 is 0 Å². The number of benzene rings is 1. The van der Waals surface area contributed by atoms with E-state index in [1.165, 1.54) is 17.0 Å². The lowest BCUT2D eigenvalue weighted by Gasteiger charge is -2.37. The molecule has 0 bridgehead atoms. The summed E-state index contributed by atoms with van der Waals surface area (Å²) in [6, 6.07) is 7.50. The van der Waals surface area contributed by atoms with Crippen molar-refractivity contribution in [2.45, 2.75) is 52.1 Å². The number of nitrogens with one attached hydrogen (secondary N) is 1. The van der Waals surface area contributed by atoms with E-state index in [-0.39, 0.29) is 42.5 Å². The lowest BCUT2D eigenvalue weighted by Crippen LogP contribution is -2.53. The first-order valence-corrected chi connectivity index (χ1v) is 11.9. The highest BCUT2D eigenvalue weighted by atomic mass is 32.1. The van der Waals surface area contributed by atoms with E-state index in [0.29, 0.717) is 18.8 Å². The summed E-state index contributed by atoms with van der Waals surface area (Å²) in [6.45, 7) is 9.01. The van der Waals surface area contributed by atoms with Crippen LogP contribution in [0.4, 0.5) is 9.18 Å². The Morgan fingerprint density at radius 2 is 2.09 bits per heavy atom. The topological polar surface area (TPSA) is 61.9 Å². The predicted molar refractivity (Wildman–Crippen MR) is 125 cm³/mol. The number of carbonyl (C=O) groups excluding carboxylic acids is 2. The number of urea groups is 1. The molecule has 0 saturated heterocycles. The van der Waals surface area contributed by atoms with Gasteiger partial charge < -0.3 is 19.9 Å². The number of ether oxygens (including phenoxy) is 1. The number of hydrogen-bond donors (Lipinski definition) is 1. The summed E-state index contributed by atoms with van der Waals surface area (Å²) in [4.78, 5) is 30.7. The molecule has 3 rings (SSSR count). The number of fused-ring (bicyclic) bond motifs is 1. The van der Waals surface area contributed by atoms with E-state index in [1.54, 1.807) is 33.3 Å². The van der Waals surface area contributed by atoms with Crippen molar-refractivity contribution in [3.63, 3.8) is 0 Å². The van der Waals surface area contributed by atoms with Gasteiger partial charge in [0.15, 0.2) is 0 Å². The Labute approximate surface area is 193 Å². The van der Waals surface area contributed by atoms with Crippen LogP contribution in [0.3, 0.4) is 0 Å². The molecule has 1 aromatic carbocycles. The number of amides is 3. The van der Waals surface area contributed by atoms with E-state index in [4.69, 9.17) is 4.74 Å². The molecule has 3 amide bonds. The van der Waals surface area contributed by atoms with Gasteiger partial charge in [0.25, 0.3) is 0 Å². The zero-order valence-corrected chi connectivity index (χ0v) is 20.0. The molecule has 0 unspecified atom stereocenters. The van der Waals surface area contributed by atoms with Gasteiger partial charge in [-0.05, 0) is 62.8 Å². The summed E-state index contributed by atoms with van der Waals surface area (Å²) in [5.74, 6) is -0.0560. The zero-order valence-electron chi connectivity index (χ0n) is 19.2. The molecule has 0 saturated carbocycles. The molecule has 2 heterocycles. The number of thiophene rings is 1. The summed E-state index contributed by atoms with van der Waals surface area (Å²) >= 11 is 1.67. The van der Waals surface area contributed by atoms with Crippen molar-refractivity contribution in [3.8, 4) is 5.75 Å². The molecule has 174 valence electrons. The number of carbonyl (C=O) groups is 2. The molecule has 0 aliphatic carbocycles. The SMILES string of the molecule is CCCN(CC(=O)N1CCc2sccc2[C@@H]1COc1cccc(F)c1)C(=O)NC(C)(C)C. The Morgan fingerprint density at radius 3 is 2.78 bits per heavy atom. The molecular weight excluding hydrogens is 429 g/mol. The van der Waals surface area contributed by atoms with Gasteiger partial charge in [-0.25, -0.2) is 9.18 Å². The highest BCUT2D eigenvalue weighted by Gasteiger charge is 2.33. The molecule has 0 spiro atoms. The van der Waals surface area contributed by atoms with Crippen LogP contribution in [-0.2, 0) is 11.2 Å². The van der Waals surface area contributed by atoms with Crippen LogP contribution < -0.4 is 10.1 Å². The Hall–Kier alpha value is -2.61. The van der Waals surface area contributed by atoms with Crippen LogP contribution in [0.1, 0.15) is 50.6 Å². The molecule has 2 aromatic rings. The maximum absolute atomic E-state index is 13.5. The van der Waals surface area contributed by atoms with Crippen molar-refractivity contribution < 1.29 is 18.7 Å². The number of halogens is 1. The summed E-state index contributed by atoms with van der Waals surface area (Å²) in [6.07, 6.45) is 1.53. The third-order valence-electron chi connectivity index (χ3n) is 5.21. The average molecular weight is 462 g/mol. The first-order valence-electron chi connectivity index (χ1n) is 11.0. The van der Waals surface area contributed by atoms with Crippen LogP contribution in [0.5, 0.6) is 5.75 Å². The third-order valence-corrected chi connectivity index (χ3v) is 6.20. The Balaban J connectivity index is 1.75. The highest BCUT2D eigenvalue weighted by Crippen LogP contribution is 2.34. The standard InChI is InChI=1S/C24H32FN3O3S/c1-5-11-27(23(30)26-24(2,3)4)15-22(29)28-12-9-21-19(10-13-32-21)20(28)16-31-18-8-6-7-17(25)14-18/h6-8,10,13-14,20H,5,9,11-12,15-16H2,1-4H3,(H,26,30)/t20-/m0/s1. The van der Waals surface area contributed by atoms with Gasteiger partial charge in [-0.2, -0.15) is 0 Å². The maximum atomic E-state index is 13.5. The van der Waals surface area contributed by atoms with Gasteiger partial charge in [-0.3, -0.25) is 4.79 Å². The van der Waals surface area contributed by atoms with Gasteiger partial charge in [0.1, 0.15) is 24.7 Å². The summed E-state index contributed by atoms with van der Waals surface area (Å²) in [5.41, 5.74) is 0.677. The average Bonchev–Trinajstić information content (AvgIpc) is 3.19. The minimum atomic E-state index is -0.385. The van der Waals surface area contributed by atoms with Crippen LogP contribution in [-0.4, -0.2) is 53.5 Å². The van der Waals surface area contributed by atoms with Crippen LogP contribution in [0.15, 0.2) is 35.7 Å². The van der Waals surface area contributed by atoms with Crippen molar-refractivity contribution in [2.75, 3.05) is 26.2 Å². The van der Waals surface area contributed by atoms with Crippen molar-refractivity contribution >= 4 is 23.3 Å². The number of hydrogen-bond acceptors (Lipinski definition) is 4. The summed E-state index contributed by atoms with van der Waals surface area (Å²) in [5, 5.41) is 4.97. The molecule has 1 atom stereocenters. The summed E-state index contributed by atoms with van der Waals surface area (Å²) < 4.78 is 19.4. The van der Waals surface area contributed by atoms with Crippen molar-refractivity contribution in [2.24, 2.45) is 0 Å². The minimum absolute atomic E-state index is 0.00564. The monoisotopic (exact) mass is 461 g/mol. The van der Waals surface area contributed by atoms with E-state index < -0.39 is 0 Å². The summed E-state index contributed by atoms with van der Waals surface area (Å²) in [7, 11) is 0. The Bertz CT molecular complexity index is 941. The first kappa shape index (κ1) is 24.0. The normalized spacial score (nSPS) is 15.8. The fraction of sp³-hybridized carbons (Fsp3) is 0.500. The van der Waals surface area contributed by atoms with Gasteiger partial charge in [0, 0.05) is 29.6 Å². The van der Waals surface area contributed by atoms with Gasteiger partial charge in [-0.15, -0.1) is 11.3 Å². The molecular formula is C24H32FN3O3S. The second-order valence-electron chi connectivity index (χ2n) is 9.02. The van der Waals surface area contributed by atoms with Gasteiger partial charge in [0.05, 0.1) is 6.04 Å². The van der Waals surface area contributed by atoms with E-state index in [9.17, 15) is 14.0 Å². The second-order valence-corrected chi connectivity index (χ2v) is 10.0. The van der Waals surface area contributed by atoms with Gasteiger partial charge >= 0.3 is 6.03 Å². The molecule has 1 aromatic heterocycles. The predicted octanol–water partition coefficient (Wildman–Crippen LogP) is 4.61. The molecule has 8 heteroatoms. The first-order chi connectivity index (χ1) is 15.2. The van der Waals surface area contributed by atoms with Crippen molar-refractivity contribution in [3.05, 3.63) is 52.0 Å². The van der Waals surface area contributed by atoms with Crippen LogP contribution >= 0.6 is 11.3 Å². The van der Waals surface area contributed by atoms with Crippen LogP contribution in [0, 0.1) is 5.82 Å². The highest BCUT2D eigenvalue weighted by molar-refractivity contribution is 7.10. The lowest BCUT2D eigenvalue weighted by molar-refractivity contribution is -0.135. The third kappa shape index (κ3) is 6.22. The number of nitrogens with zero attached hydrogens (tertiary/aromatic N) is 2. The van der Waals surface area contributed by atoms with Crippen molar-refractivity contribution in [1.29, 1.82) is 0 Å². The maximum Gasteiger partial charge on any atom is 0.318 e. The zero-order chi connectivity index (χ0) is 23.3. The van der Waals surface area contributed by atoms with E-state index in [2.05, 4.69) is 5.32 Å². The van der Waals surface area contributed by atoms with E-state index in [1.807, 2.05) is 39.1 Å². The smallest absolute Gasteiger partial charge is 0.318 e. The molecule has 0 radical (unpaired) electrons. The quantitative estimate of drug-likeness (QED) is 0.655. The molecule has 1 aliphatic rings. The van der Waals surface area contributed by atoms with Gasteiger partial charge in [0.2, 0.25) is 5.91 Å². The lowest BCUT2D eigenvalue weighted by atomic mass is 10.0. The molecule has 0 fully saturated rings. The van der Waals surface area contributed by atoms with Crippen LogP contribution in [0.25, 0.3) is 0 Å². The minimum Gasteiger partial charge on any atom is -0.491 e. The van der Waals surface area contributed by atoms with Crippen molar-refractivity contribution in [1.82, 2.24) is 15.1 Å².